The van der Waals surface area contributed by atoms with Crippen LogP contribution in [0, 0.1) is 0 Å². The molecule has 4 aliphatic rings. The second-order valence-corrected chi connectivity index (χ2v) is 7.73. The van der Waals surface area contributed by atoms with Crippen LogP contribution in [-0.2, 0) is 33.2 Å². The summed E-state index contributed by atoms with van der Waals surface area (Å²) in [7, 11) is 0. The van der Waals surface area contributed by atoms with Crippen molar-refractivity contribution in [2.45, 2.75) is 75.3 Å². The minimum Gasteiger partial charge on any atom is -0.376 e. The van der Waals surface area contributed by atoms with E-state index < -0.39 is 0 Å². The maximum Gasteiger partial charge on any atom is 0.157 e. The van der Waals surface area contributed by atoms with E-state index in [1.54, 1.807) is 0 Å². The summed E-state index contributed by atoms with van der Waals surface area (Å²) < 4.78 is 39.9. The molecular formula is C19H32O7. The van der Waals surface area contributed by atoms with Gasteiger partial charge in [-0.05, 0) is 38.5 Å². The fourth-order valence-corrected chi connectivity index (χ4v) is 3.50. The van der Waals surface area contributed by atoms with Crippen LogP contribution < -0.4 is 0 Å². The Morgan fingerprint density at radius 2 is 1.65 bits per heavy atom. The van der Waals surface area contributed by atoms with Crippen molar-refractivity contribution in [1.82, 2.24) is 0 Å². The topological polar surface area (TPSA) is 71.2 Å². The van der Waals surface area contributed by atoms with Crippen LogP contribution in [0.25, 0.3) is 0 Å². The largest absolute Gasteiger partial charge is 0.376 e. The first-order valence-electron chi connectivity index (χ1n) is 10.2. The van der Waals surface area contributed by atoms with Gasteiger partial charge in [-0.15, -0.1) is 0 Å². The van der Waals surface area contributed by atoms with Crippen molar-refractivity contribution in [1.29, 1.82) is 0 Å². The predicted octanol–water partition coefficient (Wildman–Crippen LogP) is 1.67. The van der Waals surface area contributed by atoms with Crippen molar-refractivity contribution < 1.29 is 33.2 Å². The maximum atomic E-state index is 6.11. The van der Waals surface area contributed by atoms with Crippen molar-refractivity contribution in [2.24, 2.45) is 0 Å². The van der Waals surface area contributed by atoms with Crippen LogP contribution in [0.4, 0.5) is 0 Å². The molecule has 3 saturated heterocycles. The van der Waals surface area contributed by atoms with E-state index in [0.29, 0.717) is 26.4 Å². The molecule has 0 N–H and O–H groups in total. The lowest BCUT2D eigenvalue weighted by Crippen LogP contribution is -2.30. The Kier molecular flexibility index (Phi) is 7.16. The van der Waals surface area contributed by atoms with Gasteiger partial charge in [0.1, 0.15) is 18.3 Å². The lowest BCUT2D eigenvalue weighted by Gasteiger charge is -2.26. The highest BCUT2D eigenvalue weighted by Gasteiger charge is 2.31. The molecule has 0 radical (unpaired) electrons. The highest BCUT2D eigenvalue weighted by Crippen LogP contribution is 2.28. The predicted molar refractivity (Wildman–Crippen MR) is 92.1 cm³/mol. The number of hydrogen-bond acceptors (Lipinski definition) is 7. The molecule has 0 amide bonds. The van der Waals surface area contributed by atoms with Crippen LogP contribution in [0.1, 0.15) is 38.5 Å². The molecule has 7 nitrogen and oxygen atoms in total. The van der Waals surface area contributed by atoms with Gasteiger partial charge in [0, 0.05) is 6.61 Å². The summed E-state index contributed by atoms with van der Waals surface area (Å²) in [6.07, 6.45) is 7.34. The summed E-state index contributed by atoms with van der Waals surface area (Å²) in [6, 6.07) is 0. The molecule has 0 aromatic carbocycles. The molecule has 3 aliphatic heterocycles. The van der Waals surface area contributed by atoms with Crippen LogP contribution in [0.2, 0.25) is 0 Å². The van der Waals surface area contributed by atoms with Crippen molar-refractivity contribution in [3.8, 4) is 0 Å². The van der Waals surface area contributed by atoms with Crippen LogP contribution >= 0.6 is 0 Å². The molecule has 7 heteroatoms. The van der Waals surface area contributed by atoms with Crippen molar-refractivity contribution in [3.63, 3.8) is 0 Å². The summed E-state index contributed by atoms with van der Waals surface area (Å²) in [6.45, 7) is 4.78. The third-order valence-electron chi connectivity index (χ3n) is 5.27. The lowest BCUT2D eigenvalue weighted by molar-refractivity contribution is -0.188. The minimum atomic E-state index is -0.0559. The van der Waals surface area contributed by atoms with E-state index in [4.69, 9.17) is 33.2 Å². The molecular weight excluding hydrogens is 340 g/mol. The Labute approximate surface area is 155 Å². The van der Waals surface area contributed by atoms with E-state index in [0.717, 1.165) is 51.9 Å². The maximum absolute atomic E-state index is 6.11. The zero-order chi connectivity index (χ0) is 17.6. The standard InChI is InChI=1S/C19H32O7/c1-2-6-21-19(3-1)26-15-5-4-14(7-15)22-10-16(24-12-18-13-25-18)8-20-9-17-11-23-17/h14-19H,1-13H2. The third-order valence-corrected chi connectivity index (χ3v) is 5.27. The SMILES string of the molecule is C1CCC(OC2CCC(OCC(COCC3CO3)OCC3CO3)C2)OC1. The second kappa shape index (κ2) is 9.78. The van der Waals surface area contributed by atoms with E-state index in [2.05, 4.69) is 0 Å². The summed E-state index contributed by atoms with van der Waals surface area (Å²) in [5, 5.41) is 0. The highest BCUT2D eigenvalue weighted by atomic mass is 16.7. The molecule has 0 aromatic rings. The second-order valence-electron chi connectivity index (χ2n) is 7.73. The van der Waals surface area contributed by atoms with Crippen LogP contribution in [0.5, 0.6) is 0 Å². The van der Waals surface area contributed by atoms with Gasteiger partial charge in [-0.3, -0.25) is 0 Å². The molecule has 6 atom stereocenters. The molecule has 0 spiro atoms. The Morgan fingerprint density at radius 1 is 0.846 bits per heavy atom. The monoisotopic (exact) mass is 372 g/mol. The summed E-state index contributed by atoms with van der Waals surface area (Å²) in [5.41, 5.74) is 0. The van der Waals surface area contributed by atoms with Gasteiger partial charge in [0.15, 0.2) is 6.29 Å². The summed E-state index contributed by atoms with van der Waals surface area (Å²) >= 11 is 0. The summed E-state index contributed by atoms with van der Waals surface area (Å²) in [4.78, 5) is 0. The smallest absolute Gasteiger partial charge is 0.157 e. The Hall–Kier alpha value is -0.280. The molecule has 3 heterocycles. The van der Waals surface area contributed by atoms with E-state index in [-0.39, 0.29) is 36.8 Å². The first kappa shape index (κ1) is 19.1. The number of ether oxygens (including phenoxy) is 7. The fourth-order valence-electron chi connectivity index (χ4n) is 3.50. The first-order valence-corrected chi connectivity index (χ1v) is 10.2. The molecule has 0 aromatic heterocycles. The van der Waals surface area contributed by atoms with E-state index in [1.165, 1.54) is 6.42 Å². The van der Waals surface area contributed by atoms with Gasteiger partial charge < -0.3 is 33.2 Å². The molecule has 6 unspecified atom stereocenters. The highest BCUT2D eigenvalue weighted by molar-refractivity contribution is 4.78. The third kappa shape index (κ3) is 6.71. The fraction of sp³-hybridized carbons (Fsp3) is 1.00. The number of epoxide rings is 2. The van der Waals surface area contributed by atoms with Gasteiger partial charge in [-0.2, -0.15) is 0 Å². The molecule has 1 saturated carbocycles. The quantitative estimate of drug-likeness (QED) is 0.483. The molecule has 1 aliphatic carbocycles. The lowest BCUT2D eigenvalue weighted by atomic mass is 10.2. The van der Waals surface area contributed by atoms with Gasteiger partial charge in [0.05, 0.1) is 51.8 Å². The van der Waals surface area contributed by atoms with E-state index >= 15 is 0 Å². The van der Waals surface area contributed by atoms with Crippen LogP contribution in [0.3, 0.4) is 0 Å². The van der Waals surface area contributed by atoms with Gasteiger partial charge in [-0.1, -0.05) is 0 Å². The van der Waals surface area contributed by atoms with Crippen LogP contribution in [-0.4, -0.2) is 83.1 Å². The van der Waals surface area contributed by atoms with E-state index in [1.807, 2.05) is 0 Å². The molecule has 150 valence electrons. The van der Waals surface area contributed by atoms with Gasteiger partial charge in [0.25, 0.3) is 0 Å². The Morgan fingerprint density at radius 3 is 2.42 bits per heavy atom. The molecule has 0 bridgehead atoms. The minimum absolute atomic E-state index is 0.0137. The van der Waals surface area contributed by atoms with Crippen molar-refractivity contribution in [2.75, 3.05) is 46.2 Å². The van der Waals surface area contributed by atoms with Crippen LogP contribution in [0.15, 0.2) is 0 Å². The Balaban J connectivity index is 1.12. The number of hydrogen-bond donors (Lipinski definition) is 0. The number of rotatable bonds is 12. The first-order chi connectivity index (χ1) is 12.8. The molecule has 26 heavy (non-hydrogen) atoms. The molecule has 4 rings (SSSR count). The van der Waals surface area contributed by atoms with Gasteiger partial charge >= 0.3 is 0 Å². The average Bonchev–Trinajstić information content (AvgIpc) is 3.58. The average molecular weight is 372 g/mol. The Bertz CT molecular complexity index is 407. The summed E-state index contributed by atoms with van der Waals surface area (Å²) in [5.74, 6) is 0. The van der Waals surface area contributed by atoms with Crippen molar-refractivity contribution in [3.05, 3.63) is 0 Å². The van der Waals surface area contributed by atoms with Gasteiger partial charge in [0.2, 0.25) is 0 Å². The zero-order valence-corrected chi connectivity index (χ0v) is 15.5. The normalized spacial score (nSPS) is 37.6. The van der Waals surface area contributed by atoms with Gasteiger partial charge in [-0.25, -0.2) is 0 Å². The molecule has 4 fully saturated rings. The van der Waals surface area contributed by atoms with E-state index in [9.17, 15) is 0 Å². The van der Waals surface area contributed by atoms with Crippen molar-refractivity contribution >= 4 is 0 Å². The zero-order valence-electron chi connectivity index (χ0n) is 15.5.